The van der Waals surface area contributed by atoms with E-state index in [1.54, 1.807) is 0 Å². The minimum atomic E-state index is -0.112. The van der Waals surface area contributed by atoms with Crippen molar-refractivity contribution in [2.45, 2.75) is 44.6 Å². The van der Waals surface area contributed by atoms with Crippen LogP contribution in [0.1, 0.15) is 38.5 Å². The lowest BCUT2D eigenvalue weighted by Gasteiger charge is -2.21. The van der Waals surface area contributed by atoms with Gasteiger partial charge < -0.3 is 15.4 Å². The van der Waals surface area contributed by atoms with E-state index < -0.39 is 0 Å². The van der Waals surface area contributed by atoms with Gasteiger partial charge in [-0.2, -0.15) is 0 Å². The Hall–Kier alpha value is -1.55. The van der Waals surface area contributed by atoms with Crippen LogP contribution in [0.15, 0.2) is 24.3 Å². The van der Waals surface area contributed by atoms with E-state index in [0.29, 0.717) is 11.8 Å². The highest BCUT2D eigenvalue weighted by Gasteiger charge is 2.22. The van der Waals surface area contributed by atoms with Gasteiger partial charge in [-0.1, -0.05) is 12.8 Å². The molecule has 1 aromatic carbocycles. The first-order valence-electron chi connectivity index (χ1n) is 8.10. The minimum absolute atomic E-state index is 0.00459. The second kappa shape index (κ2) is 6.94. The molecule has 114 valence electrons. The molecule has 3 rings (SSSR count). The number of ether oxygens (including phenoxy) is 1. The second-order valence-corrected chi connectivity index (χ2v) is 6.11. The molecule has 1 saturated heterocycles. The van der Waals surface area contributed by atoms with Crippen molar-refractivity contribution < 1.29 is 9.53 Å². The van der Waals surface area contributed by atoms with E-state index in [1.165, 1.54) is 25.7 Å². The Bertz CT molecular complexity index is 460. The molecule has 0 aromatic heterocycles. The summed E-state index contributed by atoms with van der Waals surface area (Å²) in [4.78, 5) is 12.1. The maximum atomic E-state index is 12.1. The van der Waals surface area contributed by atoms with E-state index in [9.17, 15) is 4.79 Å². The molecule has 2 aliphatic rings. The van der Waals surface area contributed by atoms with Gasteiger partial charge in [0, 0.05) is 18.3 Å². The third-order valence-electron chi connectivity index (χ3n) is 4.43. The Morgan fingerprint density at radius 1 is 1.10 bits per heavy atom. The second-order valence-electron chi connectivity index (χ2n) is 6.11. The lowest BCUT2D eigenvalue weighted by Crippen LogP contribution is -2.36. The maximum absolute atomic E-state index is 12.1. The lowest BCUT2D eigenvalue weighted by atomic mass is 10.0. The highest BCUT2D eigenvalue weighted by Crippen LogP contribution is 2.24. The van der Waals surface area contributed by atoms with Gasteiger partial charge >= 0.3 is 5.97 Å². The summed E-state index contributed by atoms with van der Waals surface area (Å²) in [6.45, 7) is 1.74. The van der Waals surface area contributed by atoms with E-state index in [0.717, 1.165) is 31.6 Å². The van der Waals surface area contributed by atoms with Crippen LogP contribution in [0.2, 0.25) is 0 Å². The Balaban J connectivity index is 1.52. The fourth-order valence-electron chi connectivity index (χ4n) is 3.18. The molecule has 0 radical (unpaired) electrons. The lowest BCUT2D eigenvalue weighted by molar-refractivity contribution is -0.139. The van der Waals surface area contributed by atoms with Crippen LogP contribution in [-0.2, 0) is 4.79 Å². The average molecular weight is 288 g/mol. The number of carbonyl (C=O) groups is 1. The average Bonchev–Trinajstić information content (AvgIpc) is 3.03. The van der Waals surface area contributed by atoms with Crippen molar-refractivity contribution in [1.29, 1.82) is 0 Å². The van der Waals surface area contributed by atoms with Crippen LogP contribution in [0, 0.1) is 5.92 Å². The van der Waals surface area contributed by atoms with Gasteiger partial charge in [-0.15, -0.1) is 0 Å². The highest BCUT2D eigenvalue weighted by atomic mass is 16.5. The number of piperidine rings is 1. The summed E-state index contributed by atoms with van der Waals surface area (Å²) in [7, 11) is 0. The van der Waals surface area contributed by atoms with E-state index in [-0.39, 0.29) is 11.9 Å². The maximum Gasteiger partial charge on any atom is 0.315 e. The van der Waals surface area contributed by atoms with Crippen molar-refractivity contribution in [3.63, 3.8) is 0 Å². The number of anilines is 1. The molecule has 0 amide bonds. The molecular formula is C17H24N2O2. The predicted octanol–water partition coefficient (Wildman–Crippen LogP) is 2.95. The zero-order valence-corrected chi connectivity index (χ0v) is 12.4. The molecule has 2 fully saturated rings. The summed E-state index contributed by atoms with van der Waals surface area (Å²) in [6, 6.07) is 8.36. The van der Waals surface area contributed by atoms with Crippen LogP contribution in [0.5, 0.6) is 5.75 Å². The van der Waals surface area contributed by atoms with Crippen LogP contribution in [0.4, 0.5) is 5.69 Å². The molecule has 2 N–H and O–H groups in total. The molecule has 1 aliphatic heterocycles. The largest absolute Gasteiger partial charge is 0.426 e. The molecule has 0 bridgehead atoms. The number of esters is 1. The van der Waals surface area contributed by atoms with Gasteiger partial charge in [-0.05, 0) is 56.5 Å². The third kappa shape index (κ3) is 3.97. The van der Waals surface area contributed by atoms with Gasteiger partial charge in [0.1, 0.15) is 5.75 Å². The predicted molar refractivity (Wildman–Crippen MR) is 83.5 cm³/mol. The van der Waals surface area contributed by atoms with E-state index >= 15 is 0 Å². The van der Waals surface area contributed by atoms with Crippen molar-refractivity contribution in [2.24, 2.45) is 5.92 Å². The Labute approximate surface area is 126 Å². The number of hydrogen-bond acceptors (Lipinski definition) is 4. The number of nitrogens with one attached hydrogen (secondary N) is 2. The molecule has 4 heteroatoms. The standard InChI is InChI=1S/C17H24N2O2/c20-17(13-4-3-11-18-12-13)21-16-9-7-15(8-10-16)19-14-5-1-2-6-14/h7-10,13-14,18-19H,1-6,11-12H2. The summed E-state index contributed by atoms with van der Waals surface area (Å²) in [5.74, 6) is 0.524. The van der Waals surface area contributed by atoms with Crippen LogP contribution >= 0.6 is 0 Å². The molecule has 1 saturated carbocycles. The van der Waals surface area contributed by atoms with Crippen LogP contribution in [0.3, 0.4) is 0 Å². The molecule has 1 aliphatic carbocycles. The van der Waals surface area contributed by atoms with E-state index in [4.69, 9.17) is 4.74 Å². The van der Waals surface area contributed by atoms with Crippen molar-refractivity contribution >= 4 is 11.7 Å². The molecule has 4 nitrogen and oxygen atoms in total. The number of hydrogen-bond donors (Lipinski definition) is 2. The smallest absolute Gasteiger partial charge is 0.315 e. The van der Waals surface area contributed by atoms with Gasteiger partial charge in [0.15, 0.2) is 0 Å². The quantitative estimate of drug-likeness (QED) is 0.660. The van der Waals surface area contributed by atoms with Crippen molar-refractivity contribution in [3.8, 4) is 5.75 Å². The van der Waals surface area contributed by atoms with Crippen LogP contribution in [-0.4, -0.2) is 25.1 Å². The topological polar surface area (TPSA) is 50.4 Å². The number of carbonyl (C=O) groups excluding carboxylic acids is 1. The summed E-state index contributed by atoms with van der Waals surface area (Å²) >= 11 is 0. The zero-order chi connectivity index (χ0) is 14.5. The summed E-state index contributed by atoms with van der Waals surface area (Å²) in [6.07, 6.45) is 7.12. The van der Waals surface area contributed by atoms with Crippen molar-refractivity contribution in [3.05, 3.63) is 24.3 Å². The fourth-order valence-corrected chi connectivity index (χ4v) is 3.18. The summed E-state index contributed by atoms with van der Waals surface area (Å²) in [5, 5.41) is 6.77. The minimum Gasteiger partial charge on any atom is -0.426 e. The van der Waals surface area contributed by atoms with Crippen molar-refractivity contribution in [1.82, 2.24) is 5.32 Å². The summed E-state index contributed by atoms with van der Waals surface area (Å²) in [5.41, 5.74) is 1.11. The Kier molecular flexibility index (Phi) is 4.76. The monoisotopic (exact) mass is 288 g/mol. The molecule has 21 heavy (non-hydrogen) atoms. The van der Waals surface area contributed by atoms with Crippen LogP contribution in [0.25, 0.3) is 0 Å². The van der Waals surface area contributed by atoms with Gasteiger partial charge in [-0.25, -0.2) is 0 Å². The first-order chi connectivity index (χ1) is 10.3. The van der Waals surface area contributed by atoms with Gasteiger partial charge in [0.05, 0.1) is 5.92 Å². The Morgan fingerprint density at radius 2 is 1.86 bits per heavy atom. The first-order valence-corrected chi connectivity index (χ1v) is 8.10. The SMILES string of the molecule is O=C(Oc1ccc(NC2CCCC2)cc1)C1CCCNC1. The van der Waals surface area contributed by atoms with E-state index in [1.807, 2.05) is 24.3 Å². The third-order valence-corrected chi connectivity index (χ3v) is 4.43. The first kappa shape index (κ1) is 14.4. The molecule has 0 spiro atoms. The van der Waals surface area contributed by atoms with Gasteiger partial charge in [0.25, 0.3) is 0 Å². The number of rotatable bonds is 4. The van der Waals surface area contributed by atoms with Gasteiger partial charge in [-0.3, -0.25) is 4.79 Å². The van der Waals surface area contributed by atoms with Crippen LogP contribution < -0.4 is 15.4 Å². The zero-order valence-electron chi connectivity index (χ0n) is 12.4. The van der Waals surface area contributed by atoms with Crippen molar-refractivity contribution in [2.75, 3.05) is 18.4 Å². The summed E-state index contributed by atoms with van der Waals surface area (Å²) < 4.78 is 5.47. The van der Waals surface area contributed by atoms with E-state index in [2.05, 4.69) is 10.6 Å². The molecule has 1 unspecified atom stereocenters. The number of benzene rings is 1. The van der Waals surface area contributed by atoms with Gasteiger partial charge in [0.2, 0.25) is 0 Å². The molecule has 1 aromatic rings. The normalized spacial score (nSPS) is 23.0. The fraction of sp³-hybridized carbons (Fsp3) is 0.588. The molecular weight excluding hydrogens is 264 g/mol. The highest BCUT2D eigenvalue weighted by molar-refractivity contribution is 5.75. The molecule has 1 atom stereocenters. The Morgan fingerprint density at radius 3 is 2.52 bits per heavy atom. The molecule has 1 heterocycles.